The number of rotatable bonds is 14. The van der Waals surface area contributed by atoms with Crippen LogP contribution in [0.2, 0.25) is 0 Å². The molecule has 0 saturated heterocycles. The van der Waals surface area contributed by atoms with E-state index in [4.69, 9.17) is 9.47 Å². The van der Waals surface area contributed by atoms with Crippen LogP contribution >= 0.6 is 0 Å². The van der Waals surface area contributed by atoms with Gasteiger partial charge < -0.3 is 19.9 Å². The number of carbonyl (C=O) groups excluding carboxylic acids is 2. The van der Waals surface area contributed by atoms with Crippen molar-refractivity contribution in [2.75, 3.05) is 19.8 Å². The molecule has 2 atom stereocenters. The normalized spacial score (nSPS) is 21.7. The highest BCUT2D eigenvalue weighted by Gasteiger charge is 2.25. The van der Waals surface area contributed by atoms with E-state index in [1.807, 2.05) is 12.2 Å². The molecule has 0 heterocycles. The van der Waals surface area contributed by atoms with Crippen molar-refractivity contribution in [1.82, 2.24) is 5.32 Å². The number of esters is 2. The molecule has 0 radical (unpaired) electrons. The Kier molecular flexibility index (Phi) is 13.7. The van der Waals surface area contributed by atoms with E-state index in [1.165, 1.54) is 12.8 Å². The molecule has 29 heavy (non-hydrogen) atoms. The van der Waals surface area contributed by atoms with Crippen molar-refractivity contribution >= 4 is 11.9 Å². The maximum absolute atomic E-state index is 12.2. The van der Waals surface area contributed by atoms with Crippen LogP contribution in [-0.2, 0) is 19.1 Å². The first kappa shape index (κ1) is 25.6. The van der Waals surface area contributed by atoms with Crippen LogP contribution < -0.4 is 5.32 Å². The standard InChI is InChI=1S/C23H41NO5/c1-4-28-22(26)11-9-7-6-8-10-20(23(27)29-5-2)24-17-16-21(25)19-14-12-18(3)13-15-19/h6,8,18-21,24-25H,4-5,7,9-17H2,1-3H3/b8-6-/t18-,19+,20?,21?. The van der Waals surface area contributed by atoms with E-state index in [9.17, 15) is 14.7 Å². The van der Waals surface area contributed by atoms with Gasteiger partial charge in [-0.05, 0) is 70.8 Å². The van der Waals surface area contributed by atoms with Gasteiger partial charge in [0.05, 0.1) is 19.3 Å². The zero-order chi connectivity index (χ0) is 21.5. The highest BCUT2D eigenvalue weighted by atomic mass is 16.5. The minimum atomic E-state index is -0.408. The Labute approximate surface area is 176 Å². The molecule has 0 spiro atoms. The molecule has 6 heteroatoms. The largest absolute Gasteiger partial charge is 0.466 e. The fraction of sp³-hybridized carbons (Fsp3) is 0.826. The van der Waals surface area contributed by atoms with E-state index in [0.29, 0.717) is 44.9 Å². The van der Waals surface area contributed by atoms with Crippen molar-refractivity contribution in [2.24, 2.45) is 11.8 Å². The number of hydrogen-bond acceptors (Lipinski definition) is 6. The second-order valence-electron chi connectivity index (χ2n) is 8.04. The Morgan fingerprint density at radius 3 is 2.45 bits per heavy atom. The van der Waals surface area contributed by atoms with E-state index in [2.05, 4.69) is 12.2 Å². The van der Waals surface area contributed by atoms with Gasteiger partial charge in [0.1, 0.15) is 6.04 Å². The van der Waals surface area contributed by atoms with Crippen LogP contribution in [0.25, 0.3) is 0 Å². The Morgan fingerprint density at radius 1 is 1.10 bits per heavy atom. The van der Waals surface area contributed by atoms with Crippen LogP contribution in [0.1, 0.15) is 78.6 Å². The smallest absolute Gasteiger partial charge is 0.323 e. The zero-order valence-electron chi connectivity index (χ0n) is 18.5. The lowest BCUT2D eigenvalue weighted by Crippen LogP contribution is -2.40. The summed E-state index contributed by atoms with van der Waals surface area (Å²) in [6, 6.07) is -0.408. The summed E-state index contributed by atoms with van der Waals surface area (Å²) in [6.45, 7) is 7.23. The maximum Gasteiger partial charge on any atom is 0.323 e. The average Bonchev–Trinajstić information content (AvgIpc) is 2.69. The highest BCUT2D eigenvalue weighted by Crippen LogP contribution is 2.31. The summed E-state index contributed by atoms with van der Waals surface area (Å²) in [5, 5.41) is 13.7. The number of aliphatic hydroxyl groups excluding tert-OH is 1. The number of ether oxygens (including phenoxy) is 2. The fourth-order valence-electron chi connectivity index (χ4n) is 3.77. The first-order valence-electron chi connectivity index (χ1n) is 11.4. The van der Waals surface area contributed by atoms with Crippen LogP contribution in [0.5, 0.6) is 0 Å². The van der Waals surface area contributed by atoms with Gasteiger partial charge in [0.2, 0.25) is 0 Å². The molecule has 0 aromatic rings. The Bertz CT molecular complexity index is 486. The summed E-state index contributed by atoms with van der Waals surface area (Å²) in [4.78, 5) is 23.5. The second kappa shape index (κ2) is 15.4. The van der Waals surface area contributed by atoms with E-state index in [0.717, 1.165) is 31.6 Å². The van der Waals surface area contributed by atoms with Crippen LogP contribution in [-0.4, -0.2) is 48.9 Å². The minimum Gasteiger partial charge on any atom is -0.466 e. The van der Waals surface area contributed by atoms with Crippen molar-refractivity contribution in [2.45, 2.75) is 90.7 Å². The molecule has 1 aliphatic rings. The molecule has 0 amide bonds. The average molecular weight is 412 g/mol. The van der Waals surface area contributed by atoms with Crippen molar-refractivity contribution in [3.63, 3.8) is 0 Å². The van der Waals surface area contributed by atoms with E-state index >= 15 is 0 Å². The van der Waals surface area contributed by atoms with Crippen LogP contribution in [0, 0.1) is 11.8 Å². The third-order valence-corrected chi connectivity index (χ3v) is 5.60. The molecule has 0 aliphatic heterocycles. The number of aliphatic hydroxyl groups is 1. The number of unbranched alkanes of at least 4 members (excludes halogenated alkanes) is 1. The molecule has 0 bridgehead atoms. The second-order valence-corrected chi connectivity index (χ2v) is 8.04. The molecule has 0 aromatic carbocycles. The predicted molar refractivity (Wildman–Crippen MR) is 114 cm³/mol. The third-order valence-electron chi connectivity index (χ3n) is 5.60. The van der Waals surface area contributed by atoms with Gasteiger partial charge in [0.15, 0.2) is 0 Å². The van der Waals surface area contributed by atoms with Gasteiger partial charge in [0.25, 0.3) is 0 Å². The lowest BCUT2D eigenvalue weighted by Gasteiger charge is -2.30. The lowest BCUT2D eigenvalue weighted by molar-refractivity contribution is -0.145. The zero-order valence-corrected chi connectivity index (χ0v) is 18.5. The van der Waals surface area contributed by atoms with E-state index in [1.54, 1.807) is 13.8 Å². The monoisotopic (exact) mass is 411 g/mol. The van der Waals surface area contributed by atoms with Crippen LogP contribution in [0.3, 0.4) is 0 Å². The molecule has 1 saturated carbocycles. The first-order chi connectivity index (χ1) is 14.0. The molecular weight excluding hydrogens is 370 g/mol. The van der Waals surface area contributed by atoms with Gasteiger partial charge in [-0.1, -0.05) is 31.9 Å². The number of carbonyl (C=O) groups is 2. The summed E-state index contributed by atoms with van der Waals surface area (Å²) >= 11 is 0. The minimum absolute atomic E-state index is 0.169. The molecule has 1 fully saturated rings. The summed E-state index contributed by atoms with van der Waals surface area (Å²) in [7, 11) is 0. The van der Waals surface area contributed by atoms with Gasteiger partial charge in [-0.15, -0.1) is 0 Å². The van der Waals surface area contributed by atoms with Gasteiger partial charge in [-0.2, -0.15) is 0 Å². The summed E-state index contributed by atoms with van der Waals surface area (Å²) in [5.41, 5.74) is 0. The summed E-state index contributed by atoms with van der Waals surface area (Å²) in [5.74, 6) is 0.727. The van der Waals surface area contributed by atoms with Gasteiger partial charge in [0, 0.05) is 6.42 Å². The van der Waals surface area contributed by atoms with Crippen molar-refractivity contribution in [3.05, 3.63) is 12.2 Å². The van der Waals surface area contributed by atoms with Crippen LogP contribution in [0.15, 0.2) is 12.2 Å². The first-order valence-corrected chi connectivity index (χ1v) is 11.4. The SMILES string of the molecule is CCOC(=O)CCC/C=C\CC(NCCC(O)[C@H]1CC[C@@H](C)CC1)C(=O)OCC. The Balaban J connectivity index is 2.33. The molecule has 1 rings (SSSR count). The van der Waals surface area contributed by atoms with Crippen molar-refractivity contribution in [1.29, 1.82) is 0 Å². The Hall–Kier alpha value is -1.40. The quantitative estimate of drug-likeness (QED) is 0.257. The van der Waals surface area contributed by atoms with Crippen molar-refractivity contribution < 1.29 is 24.2 Å². The van der Waals surface area contributed by atoms with Gasteiger partial charge in [-0.3, -0.25) is 9.59 Å². The van der Waals surface area contributed by atoms with E-state index in [-0.39, 0.29) is 18.0 Å². The third kappa shape index (κ3) is 11.4. The van der Waals surface area contributed by atoms with Gasteiger partial charge in [-0.25, -0.2) is 0 Å². The molecule has 6 nitrogen and oxygen atoms in total. The molecule has 168 valence electrons. The van der Waals surface area contributed by atoms with E-state index < -0.39 is 6.04 Å². The Morgan fingerprint density at radius 2 is 1.79 bits per heavy atom. The summed E-state index contributed by atoms with van der Waals surface area (Å²) in [6.07, 6.45) is 11.3. The molecule has 2 N–H and O–H groups in total. The maximum atomic E-state index is 12.2. The predicted octanol–water partition coefficient (Wildman–Crippen LogP) is 3.76. The van der Waals surface area contributed by atoms with Gasteiger partial charge >= 0.3 is 11.9 Å². The number of nitrogens with one attached hydrogen (secondary N) is 1. The lowest BCUT2D eigenvalue weighted by atomic mass is 9.79. The molecule has 1 aliphatic carbocycles. The topological polar surface area (TPSA) is 84.9 Å². The molecule has 0 aromatic heterocycles. The van der Waals surface area contributed by atoms with Crippen LogP contribution in [0.4, 0.5) is 0 Å². The number of allylic oxidation sites excluding steroid dienone is 1. The highest BCUT2D eigenvalue weighted by molar-refractivity contribution is 5.76. The molecular formula is C23H41NO5. The summed E-state index contributed by atoms with van der Waals surface area (Å²) < 4.78 is 10.1. The fourth-order valence-corrected chi connectivity index (χ4v) is 3.77. The number of hydrogen-bond donors (Lipinski definition) is 2. The van der Waals surface area contributed by atoms with Crippen molar-refractivity contribution in [3.8, 4) is 0 Å². The molecule has 2 unspecified atom stereocenters.